The fourth-order valence-corrected chi connectivity index (χ4v) is 6.43. The van der Waals surface area contributed by atoms with Gasteiger partial charge in [0.05, 0.1) is 75.0 Å². The van der Waals surface area contributed by atoms with Gasteiger partial charge in [0.15, 0.2) is 5.67 Å². The largest absolute Gasteiger partial charge is 0.491 e. The minimum atomic E-state index is -1.96. The lowest BCUT2D eigenvalue weighted by Gasteiger charge is -2.35. The second kappa shape index (κ2) is 19.7. The molecule has 14 nitrogen and oxygen atoms in total. The van der Waals surface area contributed by atoms with E-state index in [0.29, 0.717) is 70.7 Å². The van der Waals surface area contributed by atoms with E-state index in [1.807, 2.05) is 25.1 Å². The third-order valence-electron chi connectivity index (χ3n) is 8.74. The Labute approximate surface area is 308 Å². The van der Waals surface area contributed by atoms with Gasteiger partial charge in [-0.15, -0.1) is 11.3 Å². The standard InChI is InChI=1S/C36H54FN5O9S/c1-24-30(52-23-40-24)25-5-6-26(29(19-25)51-18-17-50-16-15-49-14-13-48-12-11-47-10-9-38)21-39-32(44)28-20-27(43)22-42(28)33(45)31(35(2,3)4)41-34(46)36(37)7-8-36/h5-6,19,23,27-28,31,43H,7-18,20-22,38H2,1-4H3,(H,39,44)(H,41,46)/t27-,28+,31-/m1/s1. The molecule has 4 rings (SSSR count). The third kappa shape index (κ3) is 12.1. The number of hydrogen-bond donors (Lipinski definition) is 4. The number of rotatable bonds is 22. The molecule has 0 radical (unpaired) electrons. The number of aliphatic hydroxyl groups is 1. The van der Waals surface area contributed by atoms with Crippen LogP contribution in [0.25, 0.3) is 10.4 Å². The first kappa shape index (κ1) is 41.5. The molecule has 1 saturated heterocycles. The van der Waals surface area contributed by atoms with Crippen LogP contribution in [0.15, 0.2) is 23.7 Å². The van der Waals surface area contributed by atoms with E-state index in [1.165, 1.54) is 16.2 Å². The van der Waals surface area contributed by atoms with E-state index in [2.05, 4.69) is 15.6 Å². The van der Waals surface area contributed by atoms with Gasteiger partial charge >= 0.3 is 0 Å². The number of thiazole rings is 1. The van der Waals surface area contributed by atoms with Crippen molar-refractivity contribution < 1.29 is 47.6 Å². The average molecular weight is 752 g/mol. The van der Waals surface area contributed by atoms with Crippen molar-refractivity contribution in [2.75, 3.05) is 72.6 Å². The van der Waals surface area contributed by atoms with Gasteiger partial charge in [-0.05, 0) is 36.8 Å². The van der Waals surface area contributed by atoms with Crippen molar-refractivity contribution in [2.24, 2.45) is 11.1 Å². The van der Waals surface area contributed by atoms with Crippen molar-refractivity contribution in [2.45, 2.75) is 77.4 Å². The van der Waals surface area contributed by atoms with Crippen molar-refractivity contribution in [1.29, 1.82) is 0 Å². The number of aryl methyl sites for hydroxylation is 1. The van der Waals surface area contributed by atoms with Crippen molar-refractivity contribution >= 4 is 29.1 Å². The molecular weight excluding hydrogens is 697 g/mol. The molecule has 2 aliphatic rings. The molecule has 3 amide bonds. The number of likely N-dealkylation sites (tertiary alicyclic amines) is 1. The van der Waals surface area contributed by atoms with Crippen LogP contribution in [0.2, 0.25) is 0 Å². The summed E-state index contributed by atoms with van der Waals surface area (Å²) in [4.78, 5) is 46.6. The molecule has 2 fully saturated rings. The summed E-state index contributed by atoms with van der Waals surface area (Å²) in [5.74, 6) is -1.28. The predicted octanol–water partition coefficient (Wildman–Crippen LogP) is 2.13. The van der Waals surface area contributed by atoms with Gasteiger partial charge in [-0.1, -0.05) is 32.9 Å². The summed E-state index contributed by atoms with van der Waals surface area (Å²) in [5.41, 5.74) is 6.92. The highest BCUT2D eigenvalue weighted by Crippen LogP contribution is 2.40. The van der Waals surface area contributed by atoms with Crippen LogP contribution in [0.1, 0.15) is 51.3 Å². The normalized spacial score (nSPS) is 18.6. The molecule has 1 aromatic carbocycles. The summed E-state index contributed by atoms with van der Waals surface area (Å²) < 4.78 is 42.5. The van der Waals surface area contributed by atoms with E-state index in [-0.39, 0.29) is 39.0 Å². The van der Waals surface area contributed by atoms with E-state index in [0.717, 1.165) is 16.1 Å². The number of β-amino-alcohol motifs (C(OH)–C–C–N with tert-alkyl or cyclic N) is 1. The molecular formula is C36H54FN5O9S. The number of nitrogens with two attached hydrogens (primary N) is 1. The van der Waals surface area contributed by atoms with Crippen molar-refractivity contribution in [1.82, 2.24) is 20.5 Å². The first-order valence-corrected chi connectivity index (χ1v) is 18.7. The molecule has 1 aromatic heterocycles. The van der Waals surface area contributed by atoms with Gasteiger partial charge in [0.25, 0.3) is 5.91 Å². The summed E-state index contributed by atoms with van der Waals surface area (Å²) in [6.07, 6.45) is -0.681. The van der Waals surface area contributed by atoms with E-state index in [1.54, 1.807) is 26.3 Å². The van der Waals surface area contributed by atoms with Crippen molar-refractivity contribution in [3.05, 3.63) is 35.0 Å². The Balaban J connectivity index is 1.31. The fraction of sp³-hybridized carbons (Fsp3) is 0.667. The lowest BCUT2D eigenvalue weighted by atomic mass is 9.85. The number of nitrogens with one attached hydrogen (secondary N) is 2. The van der Waals surface area contributed by atoms with E-state index < -0.39 is 47.0 Å². The minimum absolute atomic E-state index is 0.0284. The number of alkyl halides is 1. The number of carbonyl (C=O) groups excluding carboxylic acids is 3. The van der Waals surface area contributed by atoms with Gasteiger partial charge in [0.1, 0.15) is 24.4 Å². The molecule has 2 heterocycles. The first-order valence-electron chi connectivity index (χ1n) is 17.8. The van der Waals surface area contributed by atoms with Crippen LogP contribution in [-0.2, 0) is 39.9 Å². The molecule has 1 aliphatic carbocycles. The lowest BCUT2D eigenvalue weighted by molar-refractivity contribution is -0.145. The molecule has 1 saturated carbocycles. The number of halogens is 1. The second-order valence-electron chi connectivity index (χ2n) is 14.0. The zero-order valence-electron chi connectivity index (χ0n) is 30.6. The maximum absolute atomic E-state index is 14.5. The molecule has 0 spiro atoms. The number of nitrogens with zero attached hydrogens (tertiary/aromatic N) is 2. The topological polar surface area (TPSA) is 184 Å². The summed E-state index contributed by atoms with van der Waals surface area (Å²) in [6.45, 7) is 11.4. The first-order chi connectivity index (χ1) is 24.8. The molecule has 5 N–H and O–H groups in total. The Bertz CT molecular complexity index is 1470. The number of aliphatic hydroxyl groups excluding tert-OH is 1. The quantitative estimate of drug-likeness (QED) is 0.129. The zero-order valence-corrected chi connectivity index (χ0v) is 31.4. The van der Waals surface area contributed by atoms with Crippen LogP contribution in [0.4, 0.5) is 4.39 Å². The number of hydrogen-bond acceptors (Lipinski definition) is 12. The Kier molecular flexibility index (Phi) is 15.7. The van der Waals surface area contributed by atoms with Gasteiger partial charge in [0, 0.05) is 31.6 Å². The zero-order chi connectivity index (χ0) is 37.7. The fourth-order valence-electron chi connectivity index (χ4n) is 5.63. The van der Waals surface area contributed by atoms with Crippen LogP contribution in [-0.4, -0.2) is 129 Å². The second-order valence-corrected chi connectivity index (χ2v) is 14.9. The highest BCUT2D eigenvalue weighted by molar-refractivity contribution is 7.13. The third-order valence-corrected chi connectivity index (χ3v) is 9.72. The molecule has 0 bridgehead atoms. The number of carbonyl (C=O) groups is 3. The summed E-state index contributed by atoms with van der Waals surface area (Å²) >= 11 is 1.51. The van der Waals surface area contributed by atoms with Crippen molar-refractivity contribution in [3.63, 3.8) is 0 Å². The van der Waals surface area contributed by atoms with Gasteiger partial charge in [0.2, 0.25) is 11.8 Å². The highest BCUT2D eigenvalue weighted by atomic mass is 32.1. The smallest absolute Gasteiger partial charge is 0.258 e. The summed E-state index contributed by atoms with van der Waals surface area (Å²) in [6, 6.07) is 3.63. The van der Waals surface area contributed by atoms with E-state index in [9.17, 15) is 23.9 Å². The van der Waals surface area contributed by atoms with Crippen LogP contribution < -0.4 is 21.1 Å². The van der Waals surface area contributed by atoms with E-state index in [4.69, 9.17) is 29.4 Å². The SMILES string of the molecule is Cc1ncsc1-c1ccc(CNC(=O)[C@@H]2C[C@@H](O)CN2C(=O)[C@@H](NC(=O)C2(F)CC2)C(C)(C)C)c(OCCOCCOCCOCCOCCN)c1. The molecule has 1 aliphatic heterocycles. The molecule has 3 atom stereocenters. The van der Waals surface area contributed by atoms with Gasteiger partial charge in [-0.25, -0.2) is 9.37 Å². The maximum Gasteiger partial charge on any atom is 0.258 e. The monoisotopic (exact) mass is 751 g/mol. The number of amides is 3. The molecule has 290 valence electrons. The van der Waals surface area contributed by atoms with Crippen LogP contribution in [0, 0.1) is 12.3 Å². The van der Waals surface area contributed by atoms with Crippen LogP contribution >= 0.6 is 11.3 Å². The predicted molar refractivity (Wildman–Crippen MR) is 193 cm³/mol. The van der Waals surface area contributed by atoms with Crippen LogP contribution in [0.5, 0.6) is 5.75 Å². The van der Waals surface area contributed by atoms with Gasteiger partial charge in [-0.3, -0.25) is 14.4 Å². The van der Waals surface area contributed by atoms with E-state index >= 15 is 0 Å². The summed E-state index contributed by atoms with van der Waals surface area (Å²) in [5, 5.41) is 16.0. The average Bonchev–Trinajstić information content (AvgIpc) is 3.51. The molecule has 16 heteroatoms. The molecule has 52 heavy (non-hydrogen) atoms. The molecule has 2 aromatic rings. The summed E-state index contributed by atoms with van der Waals surface area (Å²) in [7, 11) is 0. The van der Waals surface area contributed by atoms with Crippen LogP contribution in [0.3, 0.4) is 0 Å². The Hall–Kier alpha value is -3.25. The highest BCUT2D eigenvalue weighted by Gasteiger charge is 2.53. The van der Waals surface area contributed by atoms with Gasteiger partial charge < -0.3 is 50.1 Å². The lowest BCUT2D eigenvalue weighted by Crippen LogP contribution is -2.59. The maximum atomic E-state index is 14.5. The Morgan fingerprint density at radius 2 is 1.65 bits per heavy atom. The number of ether oxygens (including phenoxy) is 5. The van der Waals surface area contributed by atoms with Crippen molar-refractivity contribution in [3.8, 4) is 16.2 Å². The Morgan fingerprint density at radius 1 is 1.04 bits per heavy atom. The minimum Gasteiger partial charge on any atom is -0.491 e. The number of benzene rings is 1. The molecule has 0 unspecified atom stereocenters. The number of aromatic nitrogens is 1. The Morgan fingerprint density at radius 3 is 2.21 bits per heavy atom. The van der Waals surface area contributed by atoms with Gasteiger partial charge in [-0.2, -0.15) is 0 Å².